The van der Waals surface area contributed by atoms with Crippen LogP contribution in [-0.2, 0) is 4.79 Å². The minimum atomic E-state index is -0.612. The van der Waals surface area contributed by atoms with Crippen LogP contribution < -0.4 is 10.6 Å². The first-order chi connectivity index (χ1) is 12.0. The Morgan fingerprint density at radius 1 is 1.12 bits per heavy atom. The normalized spacial score (nSPS) is 11.6. The van der Waals surface area contributed by atoms with E-state index in [9.17, 15) is 9.59 Å². The molecular weight excluding hydrogens is 424 g/mol. The Labute approximate surface area is 164 Å². The summed E-state index contributed by atoms with van der Waals surface area (Å²) in [4.78, 5) is 24.9. The molecule has 2 aromatic rings. The molecule has 0 heterocycles. The second kappa shape index (κ2) is 9.85. The lowest BCUT2D eigenvalue weighted by Gasteiger charge is -2.18. The van der Waals surface area contributed by atoms with Crippen molar-refractivity contribution in [3.63, 3.8) is 0 Å². The van der Waals surface area contributed by atoms with Gasteiger partial charge in [-0.25, -0.2) is 0 Å². The van der Waals surface area contributed by atoms with Gasteiger partial charge in [0.15, 0.2) is 0 Å². The third-order valence-corrected chi connectivity index (χ3v) is 4.88. The van der Waals surface area contributed by atoms with Gasteiger partial charge < -0.3 is 10.6 Å². The highest BCUT2D eigenvalue weighted by atomic mass is 79.9. The van der Waals surface area contributed by atoms with Crippen molar-refractivity contribution in [3.8, 4) is 0 Å². The van der Waals surface area contributed by atoms with Crippen LogP contribution in [0.1, 0.15) is 16.8 Å². The predicted octanol–water partition coefficient (Wildman–Crippen LogP) is 4.59. The first kappa shape index (κ1) is 19.8. The molecule has 4 nitrogen and oxygen atoms in total. The SMILES string of the molecule is CSCC[C@@H](NC(=O)c1ccc(Cl)cc1)C(=O)Nc1ccc(Br)cc1. The van der Waals surface area contributed by atoms with Gasteiger partial charge in [-0.3, -0.25) is 9.59 Å². The molecular formula is C18H18BrClN2O2S. The highest BCUT2D eigenvalue weighted by Gasteiger charge is 2.21. The van der Waals surface area contributed by atoms with Crippen LogP contribution in [0.4, 0.5) is 5.69 Å². The zero-order chi connectivity index (χ0) is 18.2. The Balaban J connectivity index is 2.06. The number of hydrogen-bond acceptors (Lipinski definition) is 3. The molecule has 2 aromatic carbocycles. The van der Waals surface area contributed by atoms with E-state index in [2.05, 4.69) is 26.6 Å². The van der Waals surface area contributed by atoms with Crippen molar-refractivity contribution >= 4 is 56.8 Å². The van der Waals surface area contributed by atoms with Crippen LogP contribution in [0.3, 0.4) is 0 Å². The van der Waals surface area contributed by atoms with Crippen LogP contribution >= 0.6 is 39.3 Å². The van der Waals surface area contributed by atoms with Crippen molar-refractivity contribution in [1.29, 1.82) is 0 Å². The standard InChI is InChI=1S/C18H18BrClN2O2S/c1-25-11-10-16(18(24)21-15-8-4-13(19)5-9-15)22-17(23)12-2-6-14(20)7-3-12/h2-9,16H,10-11H2,1H3,(H,21,24)(H,22,23)/t16-/m1/s1. The number of amides is 2. The molecule has 0 fully saturated rings. The van der Waals surface area contributed by atoms with Crippen molar-refractivity contribution in [1.82, 2.24) is 5.32 Å². The zero-order valence-electron chi connectivity index (χ0n) is 13.6. The number of carbonyl (C=O) groups is 2. The van der Waals surface area contributed by atoms with Gasteiger partial charge >= 0.3 is 0 Å². The fourth-order valence-corrected chi connectivity index (χ4v) is 2.97. The summed E-state index contributed by atoms with van der Waals surface area (Å²) >= 11 is 10.8. The van der Waals surface area contributed by atoms with E-state index in [1.165, 1.54) is 0 Å². The van der Waals surface area contributed by atoms with Gasteiger partial charge in [-0.15, -0.1) is 0 Å². The molecule has 2 N–H and O–H groups in total. The molecule has 0 aliphatic carbocycles. The van der Waals surface area contributed by atoms with E-state index >= 15 is 0 Å². The molecule has 0 aliphatic heterocycles. The van der Waals surface area contributed by atoms with Crippen molar-refractivity contribution < 1.29 is 9.59 Å². The first-order valence-electron chi connectivity index (χ1n) is 7.61. The third kappa shape index (κ3) is 6.38. The highest BCUT2D eigenvalue weighted by molar-refractivity contribution is 9.10. The van der Waals surface area contributed by atoms with Crippen LogP contribution in [0.15, 0.2) is 53.0 Å². The molecule has 132 valence electrons. The fourth-order valence-electron chi connectivity index (χ4n) is 2.11. The van der Waals surface area contributed by atoms with E-state index in [0.717, 1.165) is 10.2 Å². The van der Waals surface area contributed by atoms with Crippen LogP contribution in [0, 0.1) is 0 Å². The van der Waals surface area contributed by atoms with E-state index in [0.29, 0.717) is 22.7 Å². The van der Waals surface area contributed by atoms with Crippen molar-refractivity contribution in [3.05, 3.63) is 63.6 Å². The minimum absolute atomic E-state index is 0.237. The van der Waals surface area contributed by atoms with Gasteiger partial charge in [0.2, 0.25) is 5.91 Å². The summed E-state index contributed by atoms with van der Waals surface area (Å²) in [6.07, 6.45) is 2.51. The number of hydrogen-bond donors (Lipinski definition) is 2. The second-order valence-electron chi connectivity index (χ2n) is 5.31. The van der Waals surface area contributed by atoms with Gasteiger partial charge in [0.1, 0.15) is 6.04 Å². The summed E-state index contributed by atoms with van der Waals surface area (Å²) in [7, 11) is 0. The molecule has 0 aliphatic rings. The van der Waals surface area contributed by atoms with E-state index in [1.54, 1.807) is 48.2 Å². The van der Waals surface area contributed by atoms with Gasteiger partial charge in [-0.05, 0) is 67.0 Å². The summed E-state index contributed by atoms with van der Waals surface area (Å²) in [6.45, 7) is 0. The van der Waals surface area contributed by atoms with Crippen LogP contribution in [0.5, 0.6) is 0 Å². The van der Waals surface area contributed by atoms with Gasteiger partial charge in [-0.2, -0.15) is 11.8 Å². The van der Waals surface area contributed by atoms with Crippen LogP contribution in [-0.4, -0.2) is 29.9 Å². The number of anilines is 1. The summed E-state index contributed by atoms with van der Waals surface area (Å²) in [5.74, 6) is 0.228. The van der Waals surface area contributed by atoms with Gasteiger partial charge in [-0.1, -0.05) is 27.5 Å². The molecule has 0 unspecified atom stereocenters. The van der Waals surface area contributed by atoms with Gasteiger partial charge in [0, 0.05) is 20.7 Å². The Morgan fingerprint density at radius 2 is 1.76 bits per heavy atom. The molecule has 2 rings (SSSR count). The molecule has 25 heavy (non-hydrogen) atoms. The average molecular weight is 442 g/mol. The summed E-state index contributed by atoms with van der Waals surface area (Å²) < 4.78 is 0.931. The number of benzene rings is 2. The van der Waals surface area contributed by atoms with Crippen LogP contribution in [0.2, 0.25) is 5.02 Å². The largest absolute Gasteiger partial charge is 0.340 e. The van der Waals surface area contributed by atoms with Gasteiger partial charge in [0.05, 0.1) is 0 Å². The Hall–Kier alpha value is -1.50. The lowest BCUT2D eigenvalue weighted by molar-refractivity contribution is -0.118. The molecule has 0 spiro atoms. The lowest BCUT2D eigenvalue weighted by atomic mass is 10.1. The molecule has 7 heteroatoms. The Kier molecular flexibility index (Phi) is 7.81. The van der Waals surface area contributed by atoms with E-state index < -0.39 is 6.04 Å². The minimum Gasteiger partial charge on any atom is -0.340 e. The maximum absolute atomic E-state index is 12.6. The van der Waals surface area contributed by atoms with Crippen LogP contribution in [0.25, 0.3) is 0 Å². The second-order valence-corrected chi connectivity index (χ2v) is 7.65. The Morgan fingerprint density at radius 3 is 2.36 bits per heavy atom. The molecule has 0 aromatic heterocycles. The number of carbonyl (C=O) groups excluding carboxylic acids is 2. The van der Waals surface area contributed by atoms with Crippen molar-refractivity contribution in [2.45, 2.75) is 12.5 Å². The molecule has 2 amide bonds. The third-order valence-electron chi connectivity index (χ3n) is 3.45. The highest BCUT2D eigenvalue weighted by Crippen LogP contribution is 2.15. The summed E-state index contributed by atoms with van der Waals surface area (Å²) in [5, 5.41) is 6.20. The lowest BCUT2D eigenvalue weighted by Crippen LogP contribution is -2.44. The monoisotopic (exact) mass is 440 g/mol. The van der Waals surface area contributed by atoms with Gasteiger partial charge in [0.25, 0.3) is 5.91 Å². The number of nitrogens with one attached hydrogen (secondary N) is 2. The molecule has 0 radical (unpaired) electrons. The van der Waals surface area contributed by atoms with E-state index in [-0.39, 0.29) is 11.8 Å². The number of thioether (sulfide) groups is 1. The van der Waals surface area contributed by atoms with Crippen molar-refractivity contribution in [2.24, 2.45) is 0 Å². The van der Waals surface area contributed by atoms with Crippen molar-refractivity contribution in [2.75, 3.05) is 17.3 Å². The zero-order valence-corrected chi connectivity index (χ0v) is 16.7. The fraction of sp³-hybridized carbons (Fsp3) is 0.222. The average Bonchev–Trinajstić information content (AvgIpc) is 2.61. The maximum Gasteiger partial charge on any atom is 0.251 e. The predicted molar refractivity (Wildman–Crippen MR) is 108 cm³/mol. The molecule has 0 bridgehead atoms. The smallest absolute Gasteiger partial charge is 0.251 e. The molecule has 0 saturated heterocycles. The quantitative estimate of drug-likeness (QED) is 0.660. The van der Waals surface area contributed by atoms with E-state index in [1.807, 2.05) is 18.4 Å². The topological polar surface area (TPSA) is 58.2 Å². The molecule has 1 atom stereocenters. The number of rotatable bonds is 7. The molecule has 0 saturated carbocycles. The van der Waals surface area contributed by atoms with E-state index in [4.69, 9.17) is 11.6 Å². The summed E-state index contributed by atoms with van der Waals surface area (Å²) in [6, 6.07) is 13.2. The summed E-state index contributed by atoms with van der Waals surface area (Å²) in [5.41, 5.74) is 1.15. The maximum atomic E-state index is 12.6. The first-order valence-corrected chi connectivity index (χ1v) is 10.2. The number of halogens is 2. The Bertz CT molecular complexity index is 723.